The number of anilines is 2. The first kappa shape index (κ1) is 23.2. The van der Waals surface area contributed by atoms with Crippen LogP contribution < -0.4 is 10.0 Å². The van der Waals surface area contributed by atoms with Crippen LogP contribution in [0.25, 0.3) is 22.2 Å². The van der Waals surface area contributed by atoms with Crippen LogP contribution in [0.4, 0.5) is 11.7 Å². The molecule has 1 atom stereocenters. The Morgan fingerprint density at radius 3 is 2.60 bits per heavy atom. The van der Waals surface area contributed by atoms with Gasteiger partial charge in [-0.2, -0.15) is 4.98 Å². The lowest BCUT2D eigenvalue weighted by Crippen LogP contribution is -2.40. The minimum Gasteiger partial charge on any atom is -0.423 e. The third-order valence-corrected chi connectivity index (χ3v) is 6.13. The lowest BCUT2D eigenvalue weighted by atomic mass is 10.0. The first-order chi connectivity index (χ1) is 17.1. The van der Waals surface area contributed by atoms with Crippen molar-refractivity contribution in [2.24, 2.45) is 0 Å². The van der Waals surface area contributed by atoms with Crippen molar-refractivity contribution in [3.8, 4) is 11.1 Å². The fourth-order valence-corrected chi connectivity index (χ4v) is 4.29. The largest absolute Gasteiger partial charge is 0.423 e. The Kier molecular flexibility index (Phi) is 6.87. The molecule has 0 bridgehead atoms. The summed E-state index contributed by atoms with van der Waals surface area (Å²) < 4.78 is 33.6. The fraction of sp³-hybridized carbons (Fsp3) is 0.200. The quantitative estimate of drug-likeness (QED) is 0.335. The standard InChI is InChI=1S/C25H24N4O5S/c30-24(29-11-13-33-14-12-29)19-9-7-18(8-10-19)21-5-2-6-22-23(21)34-25(28-22)27-20-4-1-3-17(15-20)16-26-35(31)32/h1-10,15,26H,11-14,16H2,(H,27,28)(H,31,32). The predicted octanol–water partition coefficient (Wildman–Crippen LogP) is 3.94. The number of ether oxygens (including phenoxy) is 1. The van der Waals surface area contributed by atoms with E-state index in [1.54, 1.807) is 0 Å². The first-order valence-electron chi connectivity index (χ1n) is 11.1. The Balaban J connectivity index is 1.36. The van der Waals surface area contributed by atoms with Crippen LogP contribution in [0, 0.1) is 0 Å². The third kappa shape index (κ3) is 5.41. The third-order valence-electron chi connectivity index (χ3n) is 5.73. The number of nitrogens with one attached hydrogen (secondary N) is 2. The van der Waals surface area contributed by atoms with E-state index in [0.717, 1.165) is 22.4 Å². The molecule has 3 N–H and O–H groups in total. The zero-order valence-electron chi connectivity index (χ0n) is 18.8. The summed E-state index contributed by atoms with van der Waals surface area (Å²) in [7, 11) is 0. The zero-order valence-corrected chi connectivity index (χ0v) is 19.6. The van der Waals surface area contributed by atoms with Gasteiger partial charge < -0.3 is 19.4 Å². The number of para-hydroxylation sites is 1. The maximum absolute atomic E-state index is 12.7. The Morgan fingerprint density at radius 1 is 1.06 bits per heavy atom. The van der Waals surface area contributed by atoms with Gasteiger partial charge in [0.05, 0.1) is 13.2 Å². The minimum atomic E-state index is -2.08. The van der Waals surface area contributed by atoms with Gasteiger partial charge in [-0.1, -0.05) is 36.4 Å². The van der Waals surface area contributed by atoms with Crippen LogP contribution in [-0.4, -0.2) is 50.9 Å². The normalized spacial score (nSPS) is 14.7. The van der Waals surface area contributed by atoms with Crippen molar-refractivity contribution in [2.45, 2.75) is 6.54 Å². The molecule has 1 unspecified atom stereocenters. The Labute approximate surface area is 204 Å². The fourth-order valence-electron chi connectivity index (χ4n) is 4.00. The second-order valence-electron chi connectivity index (χ2n) is 8.05. The number of carbonyl (C=O) groups excluding carboxylic acids is 1. The highest BCUT2D eigenvalue weighted by molar-refractivity contribution is 7.77. The van der Waals surface area contributed by atoms with Crippen molar-refractivity contribution >= 4 is 40.0 Å². The molecule has 9 nitrogen and oxygen atoms in total. The highest BCUT2D eigenvalue weighted by Crippen LogP contribution is 2.32. The molecule has 1 saturated heterocycles. The van der Waals surface area contributed by atoms with Crippen LogP contribution in [0.2, 0.25) is 0 Å². The monoisotopic (exact) mass is 492 g/mol. The molecule has 1 aromatic heterocycles. The Bertz CT molecular complexity index is 1370. The van der Waals surface area contributed by atoms with Gasteiger partial charge in [-0.25, -0.2) is 8.93 Å². The molecule has 2 heterocycles. The van der Waals surface area contributed by atoms with Gasteiger partial charge in [0, 0.05) is 36.4 Å². The van der Waals surface area contributed by atoms with Crippen molar-refractivity contribution in [1.82, 2.24) is 14.6 Å². The van der Waals surface area contributed by atoms with E-state index < -0.39 is 11.3 Å². The van der Waals surface area contributed by atoms with E-state index in [1.165, 1.54) is 0 Å². The summed E-state index contributed by atoms with van der Waals surface area (Å²) in [4.78, 5) is 19.1. The van der Waals surface area contributed by atoms with E-state index in [1.807, 2.05) is 71.6 Å². The molecule has 1 amide bonds. The summed E-state index contributed by atoms with van der Waals surface area (Å²) in [6, 6.07) is 21.0. The van der Waals surface area contributed by atoms with E-state index in [2.05, 4.69) is 15.0 Å². The molecule has 10 heteroatoms. The lowest BCUT2D eigenvalue weighted by molar-refractivity contribution is 0.0303. The highest BCUT2D eigenvalue weighted by Gasteiger charge is 2.19. The van der Waals surface area contributed by atoms with Crippen LogP contribution in [-0.2, 0) is 22.5 Å². The van der Waals surface area contributed by atoms with E-state index >= 15 is 0 Å². The van der Waals surface area contributed by atoms with Crippen molar-refractivity contribution in [3.05, 3.63) is 77.9 Å². The van der Waals surface area contributed by atoms with E-state index in [9.17, 15) is 9.00 Å². The molecule has 0 aliphatic carbocycles. The van der Waals surface area contributed by atoms with Gasteiger partial charge in [0.15, 0.2) is 5.58 Å². The summed E-state index contributed by atoms with van der Waals surface area (Å²) in [6.07, 6.45) is 0. The molecule has 1 fully saturated rings. The maximum Gasteiger partial charge on any atom is 0.300 e. The number of hydrogen-bond acceptors (Lipinski definition) is 6. The molecule has 1 aliphatic heterocycles. The molecule has 35 heavy (non-hydrogen) atoms. The topological polar surface area (TPSA) is 117 Å². The molecule has 5 rings (SSSR count). The second kappa shape index (κ2) is 10.4. The average molecular weight is 493 g/mol. The zero-order chi connectivity index (χ0) is 24.2. The van der Waals surface area contributed by atoms with Crippen molar-refractivity contribution in [3.63, 3.8) is 0 Å². The lowest BCUT2D eigenvalue weighted by Gasteiger charge is -2.26. The summed E-state index contributed by atoms with van der Waals surface area (Å²) in [6.45, 7) is 2.60. The minimum absolute atomic E-state index is 0.00636. The number of carbonyl (C=O) groups is 1. The number of rotatable bonds is 7. The van der Waals surface area contributed by atoms with Crippen molar-refractivity contribution < 1.29 is 22.7 Å². The SMILES string of the molecule is O=C(c1ccc(-c2cccc3nc(Nc4cccc(CNS(=O)O)c4)oc23)cc1)N1CCOCC1. The van der Waals surface area contributed by atoms with Crippen LogP contribution in [0.5, 0.6) is 0 Å². The smallest absolute Gasteiger partial charge is 0.300 e. The van der Waals surface area contributed by atoms with Crippen LogP contribution in [0.15, 0.2) is 71.1 Å². The number of aromatic nitrogens is 1. The van der Waals surface area contributed by atoms with Gasteiger partial charge in [0.2, 0.25) is 11.3 Å². The summed E-state index contributed by atoms with van der Waals surface area (Å²) in [5.41, 5.74) is 5.34. The maximum atomic E-state index is 12.7. The highest BCUT2D eigenvalue weighted by atomic mass is 32.2. The van der Waals surface area contributed by atoms with Crippen molar-refractivity contribution in [2.75, 3.05) is 31.6 Å². The van der Waals surface area contributed by atoms with Crippen LogP contribution in [0.1, 0.15) is 15.9 Å². The molecule has 180 valence electrons. The Morgan fingerprint density at radius 2 is 1.83 bits per heavy atom. The van der Waals surface area contributed by atoms with Gasteiger partial charge in [0.1, 0.15) is 5.52 Å². The number of morpholine rings is 1. The number of nitrogens with zero attached hydrogens (tertiary/aromatic N) is 2. The summed E-state index contributed by atoms with van der Waals surface area (Å²) in [5, 5.41) is 3.16. The molecular weight excluding hydrogens is 468 g/mol. The van der Waals surface area contributed by atoms with Gasteiger partial charge in [0.25, 0.3) is 11.9 Å². The summed E-state index contributed by atoms with van der Waals surface area (Å²) in [5.74, 6) is 0.00636. The first-order valence-corrected chi connectivity index (χ1v) is 12.2. The van der Waals surface area contributed by atoms with Crippen molar-refractivity contribution in [1.29, 1.82) is 0 Å². The number of oxazole rings is 1. The number of hydrogen-bond donors (Lipinski definition) is 3. The van der Waals surface area contributed by atoms with E-state index in [4.69, 9.17) is 13.7 Å². The predicted molar refractivity (Wildman–Crippen MR) is 134 cm³/mol. The molecule has 0 spiro atoms. The van der Waals surface area contributed by atoms with Gasteiger partial charge in [-0.05, 0) is 41.5 Å². The summed E-state index contributed by atoms with van der Waals surface area (Å²) >= 11 is -2.08. The molecular formula is C25H24N4O5S. The van der Waals surface area contributed by atoms with Crippen LogP contribution >= 0.6 is 0 Å². The van der Waals surface area contributed by atoms with Gasteiger partial charge >= 0.3 is 0 Å². The van der Waals surface area contributed by atoms with Gasteiger partial charge in [-0.3, -0.25) is 9.35 Å². The number of fused-ring (bicyclic) bond motifs is 1. The average Bonchev–Trinajstić information content (AvgIpc) is 3.30. The van der Waals surface area contributed by atoms with E-state index in [-0.39, 0.29) is 12.5 Å². The number of benzene rings is 3. The van der Waals surface area contributed by atoms with E-state index in [0.29, 0.717) is 49.0 Å². The number of amides is 1. The molecule has 1 aliphatic rings. The van der Waals surface area contributed by atoms with Gasteiger partial charge in [-0.15, -0.1) is 0 Å². The van der Waals surface area contributed by atoms with Crippen LogP contribution in [0.3, 0.4) is 0 Å². The second-order valence-corrected chi connectivity index (χ2v) is 8.84. The molecule has 4 aromatic rings. The molecule has 0 radical (unpaired) electrons. The molecule has 3 aromatic carbocycles. The molecule has 0 saturated carbocycles. The Hall–Kier alpha value is -3.57.